The van der Waals surface area contributed by atoms with Crippen molar-refractivity contribution in [1.82, 2.24) is 24.3 Å². The van der Waals surface area contributed by atoms with Gasteiger partial charge in [0.05, 0.1) is 6.04 Å². The molecule has 1 aromatic heterocycles. The molecule has 1 amide bonds. The second kappa shape index (κ2) is 10.6. The molecule has 35 heavy (non-hydrogen) atoms. The fraction of sp³-hybridized carbons (Fsp3) is 0.500. The molecule has 190 valence electrons. The molecular formula is C24H32FN5O4S. The topological polar surface area (TPSA) is 99.8 Å². The largest absolute Gasteiger partial charge is 0.501 e. The standard InChI is InChI=1S/C24H32FN5O4S/c1-14(2)26-23(35)27(5)11-10-18-13-28(12-16-6-8-17(25)9-7-16)21(32)19-20(31)22(33)29(15(3)4)24(34)30(18)19/h6-9,14-15,18,31H,10-13H2,1-5H3,(H,26,35). The van der Waals surface area contributed by atoms with Crippen molar-refractivity contribution in [1.29, 1.82) is 0 Å². The molecule has 0 radical (unpaired) electrons. The van der Waals surface area contributed by atoms with Crippen molar-refractivity contribution in [3.05, 3.63) is 62.2 Å². The Kier molecular flexibility index (Phi) is 7.99. The van der Waals surface area contributed by atoms with Crippen molar-refractivity contribution in [3.8, 4) is 5.75 Å². The molecule has 1 aliphatic heterocycles. The van der Waals surface area contributed by atoms with Crippen LogP contribution >= 0.6 is 12.2 Å². The first kappa shape index (κ1) is 26.4. The summed E-state index contributed by atoms with van der Waals surface area (Å²) in [5, 5.41) is 14.5. The molecule has 2 heterocycles. The van der Waals surface area contributed by atoms with Gasteiger partial charge in [-0.1, -0.05) is 12.1 Å². The summed E-state index contributed by atoms with van der Waals surface area (Å²) in [6.07, 6.45) is 0.423. The number of amides is 1. The number of carbonyl (C=O) groups is 1. The molecule has 0 saturated carbocycles. The molecular weight excluding hydrogens is 473 g/mol. The Balaban J connectivity index is 2.02. The molecule has 2 aromatic rings. The van der Waals surface area contributed by atoms with E-state index < -0.39 is 40.8 Å². The Labute approximate surface area is 208 Å². The summed E-state index contributed by atoms with van der Waals surface area (Å²) in [4.78, 5) is 42.8. The highest BCUT2D eigenvalue weighted by Crippen LogP contribution is 2.27. The average Bonchev–Trinajstić information content (AvgIpc) is 2.78. The Morgan fingerprint density at radius 1 is 1.20 bits per heavy atom. The van der Waals surface area contributed by atoms with Crippen molar-refractivity contribution in [3.63, 3.8) is 0 Å². The van der Waals surface area contributed by atoms with E-state index in [1.165, 1.54) is 21.6 Å². The van der Waals surface area contributed by atoms with E-state index in [1.807, 2.05) is 25.8 Å². The number of carbonyl (C=O) groups excluding carboxylic acids is 1. The highest BCUT2D eigenvalue weighted by molar-refractivity contribution is 7.80. The monoisotopic (exact) mass is 505 g/mol. The Morgan fingerprint density at radius 3 is 2.40 bits per heavy atom. The van der Waals surface area contributed by atoms with Gasteiger partial charge in [0.15, 0.2) is 10.8 Å². The van der Waals surface area contributed by atoms with Crippen molar-refractivity contribution >= 4 is 23.2 Å². The Bertz CT molecular complexity index is 1220. The van der Waals surface area contributed by atoms with Crippen molar-refractivity contribution in [2.45, 2.75) is 58.8 Å². The van der Waals surface area contributed by atoms with E-state index in [4.69, 9.17) is 12.2 Å². The highest BCUT2D eigenvalue weighted by atomic mass is 32.1. The van der Waals surface area contributed by atoms with Crippen molar-refractivity contribution < 1.29 is 14.3 Å². The summed E-state index contributed by atoms with van der Waals surface area (Å²) in [5.74, 6) is -1.77. The summed E-state index contributed by atoms with van der Waals surface area (Å²) >= 11 is 5.42. The van der Waals surface area contributed by atoms with Gasteiger partial charge < -0.3 is 20.2 Å². The molecule has 1 aromatic carbocycles. The van der Waals surface area contributed by atoms with Gasteiger partial charge in [-0.05, 0) is 64.0 Å². The average molecular weight is 506 g/mol. The summed E-state index contributed by atoms with van der Waals surface area (Å²) in [5.41, 5.74) is -1.17. The second-order valence-corrected chi connectivity index (χ2v) is 9.79. The van der Waals surface area contributed by atoms with E-state index in [1.54, 1.807) is 26.0 Å². The zero-order valence-corrected chi connectivity index (χ0v) is 21.4. The zero-order chi connectivity index (χ0) is 26.0. The third-order valence-electron chi connectivity index (χ3n) is 5.94. The molecule has 0 aliphatic carbocycles. The van der Waals surface area contributed by atoms with E-state index in [-0.39, 0.29) is 24.8 Å². The van der Waals surface area contributed by atoms with E-state index in [2.05, 4.69) is 5.32 Å². The maximum Gasteiger partial charge on any atom is 0.332 e. The highest BCUT2D eigenvalue weighted by Gasteiger charge is 2.37. The third kappa shape index (κ3) is 5.55. The molecule has 0 fully saturated rings. The first-order chi connectivity index (χ1) is 16.4. The lowest BCUT2D eigenvalue weighted by atomic mass is 10.1. The van der Waals surface area contributed by atoms with E-state index >= 15 is 0 Å². The van der Waals surface area contributed by atoms with Crippen LogP contribution in [0, 0.1) is 5.82 Å². The van der Waals surface area contributed by atoms with Crippen LogP contribution in [0.15, 0.2) is 33.9 Å². The molecule has 1 unspecified atom stereocenters. The van der Waals surface area contributed by atoms with Gasteiger partial charge in [-0.2, -0.15) is 0 Å². The normalized spacial score (nSPS) is 15.5. The minimum atomic E-state index is -0.897. The van der Waals surface area contributed by atoms with E-state index in [0.717, 1.165) is 4.57 Å². The summed E-state index contributed by atoms with van der Waals surface area (Å²) in [7, 11) is 1.83. The SMILES string of the molecule is CC(C)NC(=S)N(C)CCC1CN(Cc2ccc(F)cc2)C(=O)c2c(O)c(=O)n(C(C)C)c(=O)n21. The van der Waals surface area contributed by atoms with Crippen LogP contribution < -0.4 is 16.6 Å². The number of aromatic hydroxyl groups is 1. The van der Waals surface area contributed by atoms with Crippen LogP contribution in [0.1, 0.15) is 62.3 Å². The molecule has 2 N–H and O–H groups in total. The van der Waals surface area contributed by atoms with Crippen LogP contribution in [0.25, 0.3) is 0 Å². The first-order valence-corrected chi connectivity index (χ1v) is 12.0. The van der Waals surface area contributed by atoms with Crippen LogP contribution in [-0.2, 0) is 6.54 Å². The van der Waals surface area contributed by atoms with Crippen molar-refractivity contribution in [2.24, 2.45) is 0 Å². The maximum atomic E-state index is 13.4. The van der Waals surface area contributed by atoms with Crippen molar-refractivity contribution in [2.75, 3.05) is 20.1 Å². The molecule has 9 nitrogen and oxygen atoms in total. The predicted octanol–water partition coefficient (Wildman–Crippen LogP) is 2.24. The number of thiocarbonyl (C=S) groups is 1. The van der Waals surface area contributed by atoms with Gasteiger partial charge in [-0.25, -0.2) is 9.18 Å². The molecule has 3 rings (SSSR count). The number of rotatable bonds is 7. The van der Waals surface area contributed by atoms with Crippen LogP contribution in [-0.4, -0.2) is 61.2 Å². The van der Waals surface area contributed by atoms with Gasteiger partial charge in [0.2, 0.25) is 5.75 Å². The maximum absolute atomic E-state index is 13.4. The van der Waals surface area contributed by atoms with Crippen LogP contribution in [0.4, 0.5) is 4.39 Å². The summed E-state index contributed by atoms with van der Waals surface area (Å²) < 4.78 is 15.6. The fourth-order valence-electron chi connectivity index (χ4n) is 4.16. The lowest BCUT2D eigenvalue weighted by Gasteiger charge is -2.37. The van der Waals surface area contributed by atoms with E-state index in [0.29, 0.717) is 23.6 Å². The number of halogens is 1. The molecule has 1 atom stereocenters. The summed E-state index contributed by atoms with van der Waals surface area (Å²) in [6.45, 7) is 8.07. The fourth-order valence-corrected chi connectivity index (χ4v) is 4.49. The number of aromatic nitrogens is 2. The number of benzene rings is 1. The minimum absolute atomic E-state index is 0.139. The first-order valence-electron chi connectivity index (χ1n) is 11.6. The van der Waals surface area contributed by atoms with Gasteiger partial charge in [-0.15, -0.1) is 0 Å². The molecule has 0 spiro atoms. The van der Waals surface area contributed by atoms with E-state index in [9.17, 15) is 23.9 Å². The second-order valence-electron chi connectivity index (χ2n) is 9.40. The summed E-state index contributed by atoms with van der Waals surface area (Å²) in [6, 6.07) is 4.88. The Morgan fingerprint density at radius 2 is 1.83 bits per heavy atom. The van der Waals surface area contributed by atoms with Gasteiger partial charge in [0.1, 0.15) is 5.82 Å². The number of hydrogen-bond donors (Lipinski definition) is 2. The quantitative estimate of drug-likeness (QED) is 0.557. The van der Waals surface area contributed by atoms with Gasteiger partial charge in [-0.3, -0.25) is 18.7 Å². The molecule has 0 saturated heterocycles. The minimum Gasteiger partial charge on any atom is -0.501 e. The van der Waals surface area contributed by atoms with Gasteiger partial charge in [0, 0.05) is 38.8 Å². The van der Waals surface area contributed by atoms with Gasteiger partial charge >= 0.3 is 5.69 Å². The van der Waals surface area contributed by atoms with Crippen LogP contribution in [0.3, 0.4) is 0 Å². The number of nitrogens with zero attached hydrogens (tertiary/aromatic N) is 4. The lowest BCUT2D eigenvalue weighted by molar-refractivity contribution is 0.0626. The number of hydrogen-bond acceptors (Lipinski definition) is 5. The smallest absolute Gasteiger partial charge is 0.332 e. The zero-order valence-electron chi connectivity index (χ0n) is 20.6. The third-order valence-corrected chi connectivity index (χ3v) is 6.37. The van der Waals surface area contributed by atoms with Crippen LogP contribution in [0.2, 0.25) is 0 Å². The number of nitrogens with one attached hydrogen (secondary N) is 1. The molecule has 11 heteroatoms. The predicted molar refractivity (Wildman–Crippen MR) is 135 cm³/mol. The van der Waals surface area contributed by atoms with Gasteiger partial charge in [0.25, 0.3) is 11.5 Å². The van der Waals surface area contributed by atoms with Crippen LogP contribution in [0.5, 0.6) is 5.75 Å². The number of fused-ring (bicyclic) bond motifs is 1. The molecule has 1 aliphatic rings. The Hall–Kier alpha value is -3.21. The lowest BCUT2D eigenvalue weighted by Crippen LogP contribution is -2.53. The molecule has 0 bridgehead atoms.